The maximum Gasteiger partial charge on any atom is 0.227 e. The second-order valence-electron chi connectivity index (χ2n) is 9.45. The monoisotopic (exact) mass is 403 g/mol. The number of ether oxygens (including phenoxy) is 2. The Hall–Kier alpha value is -2.28. The first-order valence-electron chi connectivity index (χ1n) is 10.2. The number of rotatable bonds is 5. The average Bonchev–Trinajstić information content (AvgIpc) is 3.00. The van der Waals surface area contributed by atoms with E-state index in [-0.39, 0.29) is 41.3 Å². The van der Waals surface area contributed by atoms with Crippen LogP contribution in [0.1, 0.15) is 47.0 Å². The Morgan fingerprint density at radius 2 is 1.72 bits per heavy atom. The summed E-state index contributed by atoms with van der Waals surface area (Å²) in [5.74, 6) is 0.720. The number of nitrogens with one attached hydrogen (secondary N) is 2. The van der Waals surface area contributed by atoms with Gasteiger partial charge in [0.15, 0.2) is 11.5 Å². The number of anilines is 1. The fourth-order valence-electron chi connectivity index (χ4n) is 4.87. The van der Waals surface area contributed by atoms with Gasteiger partial charge in [0.05, 0.1) is 20.1 Å². The highest BCUT2D eigenvalue weighted by molar-refractivity contribution is 6.00. The molecule has 7 heteroatoms. The minimum Gasteiger partial charge on any atom is -0.493 e. The predicted octanol–water partition coefficient (Wildman–Crippen LogP) is 2.48. The molecule has 1 atom stereocenters. The van der Waals surface area contributed by atoms with Crippen LogP contribution in [-0.4, -0.2) is 49.7 Å². The molecule has 7 nitrogen and oxygen atoms in total. The van der Waals surface area contributed by atoms with Gasteiger partial charge < -0.3 is 25.0 Å². The Bertz CT molecular complexity index is 774. The van der Waals surface area contributed by atoms with E-state index >= 15 is 0 Å². The van der Waals surface area contributed by atoms with Crippen molar-refractivity contribution in [2.24, 2.45) is 5.92 Å². The van der Waals surface area contributed by atoms with Gasteiger partial charge in [-0.2, -0.15) is 0 Å². The normalized spacial score (nSPS) is 23.7. The first-order chi connectivity index (χ1) is 13.5. The van der Waals surface area contributed by atoms with Crippen LogP contribution in [0.2, 0.25) is 0 Å². The van der Waals surface area contributed by atoms with Gasteiger partial charge in [0.1, 0.15) is 0 Å². The van der Waals surface area contributed by atoms with Crippen LogP contribution >= 0.6 is 0 Å². The number of carbonyl (C=O) groups excluding carboxylic acids is 2. The van der Waals surface area contributed by atoms with Crippen LogP contribution in [0.25, 0.3) is 0 Å². The van der Waals surface area contributed by atoms with Crippen molar-refractivity contribution in [3.8, 4) is 11.5 Å². The van der Waals surface area contributed by atoms with Gasteiger partial charge in [0.25, 0.3) is 0 Å². The van der Waals surface area contributed by atoms with Crippen molar-refractivity contribution in [3.63, 3.8) is 0 Å². The zero-order valence-corrected chi connectivity index (χ0v) is 18.3. The summed E-state index contributed by atoms with van der Waals surface area (Å²) in [5.41, 5.74) is 0.625. The Morgan fingerprint density at radius 3 is 2.31 bits per heavy atom. The third-order valence-corrected chi connectivity index (χ3v) is 5.71. The molecular weight excluding hydrogens is 370 g/mol. The molecule has 0 aliphatic carbocycles. The molecule has 2 fully saturated rings. The topological polar surface area (TPSA) is 79.9 Å². The fraction of sp³-hybridized carbons (Fsp3) is 0.636. The van der Waals surface area contributed by atoms with Crippen molar-refractivity contribution < 1.29 is 19.1 Å². The summed E-state index contributed by atoms with van der Waals surface area (Å²) in [6, 6.07) is 5.46. The Balaban J connectivity index is 1.68. The summed E-state index contributed by atoms with van der Waals surface area (Å²) < 4.78 is 10.6. The van der Waals surface area contributed by atoms with Gasteiger partial charge in [-0.1, -0.05) is 0 Å². The molecule has 2 amide bonds. The van der Waals surface area contributed by atoms with E-state index in [4.69, 9.17) is 9.47 Å². The summed E-state index contributed by atoms with van der Waals surface area (Å²) >= 11 is 0. The van der Waals surface area contributed by atoms with Crippen molar-refractivity contribution >= 4 is 17.5 Å². The van der Waals surface area contributed by atoms with Crippen molar-refractivity contribution in [3.05, 3.63) is 18.2 Å². The molecule has 2 aliphatic heterocycles. The van der Waals surface area contributed by atoms with E-state index in [1.807, 2.05) is 6.07 Å². The van der Waals surface area contributed by atoms with Crippen LogP contribution in [0.15, 0.2) is 18.2 Å². The van der Waals surface area contributed by atoms with E-state index < -0.39 is 0 Å². The van der Waals surface area contributed by atoms with Crippen LogP contribution in [0.4, 0.5) is 5.69 Å². The summed E-state index contributed by atoms with van der Waals surface area (Å²) in [7, 11) is 3.13. The quantitative estimate of drug-likeness (QED) is 0.790. The summed E-state index contributed by atoms with van der Waals surface area (Å²) in [5, 5.41) is 6.83. The minimum absolute atomic E-state index is 0.0418. The molecule has 0 aromatic heterocycles. The number of carbonyl (C=O) groups is 2. The van der Waals surface area contributed by atoms with E-state index in [2.05, 4.69) is 38.3 Å². The number of hydrogen-bond donors (Lipinski definition) is 2. The highest BCUT2D eigenvalue weighted by atomic mass is 16.5. The lowest BCUT2D eigenvalue weighted by atomic mass is 9.79. The van der Waals surface area contributed by atoms with Gasteiger partial charge in [-0.05, 0) is 52.7 Å². The predicted molar refractivity (Wildman–Crippen MR) is 112 cm³/mol. The third kappa shape index (κ3) is 4.83. The summed E-state index contributed by atoms with van der Waals surface area (Å²) in [6.45, 7) is 9.00. The second kappa shape index (κ2) is 7.86. The zero-order valence-electron chi connectivity index (χ0n) is 18.3. The van der Waals surface area contributed by atoms with E-state index in [1.165, 1.54) is 0 Å². The van der Waals surface area contributed by atoms with E-state index in [9.17, 15) is 9.59 Å². The summed E-state index contributed by atoms with van der Waals surface area (Å²) in [4.78, 5) is 27.2. The molecular formula is C22H33N3O4. The second-order valence-corrected chi connectivity index (χ2v) is 9.45. The number of amides is 2. The molecule has 29 heavy (non-hydrogen) atoms. The number of nitrogens with zero attached hydrogens (tertiary/aromatic N) is 1. The molecule has 2 heterocycles. The maximum absolute atomic E-state index is 12.9. The third-order valence-electron chi connectivity index (χ3n) is 5.71. The Labute approximate surface area is 173 Å². The van der Waals surface area contributed by atoms with Crippen LogP contribution in [0.5, 0.6) is 11.5 Å². The van der Waals surface area contributed by atoms with Crippen molar-refractivity contribution in [2.45, 2.75) is 64.1 Å². The molecule has 1 aromatic rings. The molecule has 1 unspecified atom stereocenters. The van der Waals surface area contributed by atoms with Gasteiger partial charge in [-0.15, -0.1) is 0 Å². The van der Waals surface area contributed by atoms with Crippen molar-refractivity contribution in [2.75, 3.05) is 25.7 Å². The first kappa shape index (κ1) is 21.4. The standard InChI is InChI=1S/C22H33N3O4/c1-21(2)11-15(12-22(3,4)24-21)23-20(27)14-9-19(26)25(13-14)16-7-8-17(28-5)18(10-16)29-6/h7-8,10,14-15,24H,9,11-13H2,1-6H3,(H,23,27). The number of hydrogen-bond acceptors (Lipinski definition) is 5. The SMILES string of the molecule is COc1ccc(N2CC(C(=O)NC3CC(C)(C)NC(C)(C)C3)CC2=O)cc1OC. The van der Waals surface area contributed by atoms with Crippen LogP contribution in [0, 0.1) is 5.92 Å². The van der Waals surface area contributed by atoms with Gasteiger partial charge in [0.2, 0.25) is 11.8 Å². The van der Waals surface area contributed by atoms with E-state index in [0.717, 1.165) is 12.8 Å². The smallest absolute Gasteiger partial charge is 0.227 e. The van der Waals surface area contributed by atoms with Gasteiger partial charge >= 0.3 is 0 Å². The maximum atomic E-state index is 12.9. The van der Waals surface area contributed by atoms with E-state index in [1.54, 1.807) is 31.3 Å². The Kier molecular flexibility index (Phi) is 5.81. The number of methoxy groups -OCH3 is 2. The lowest BCUT2D eigenvalue weighted by Gasteiger charge is -2.46. The van der Waals surface area contributed by atoms with E-state index in [0.29, 0.717) is 23.7 Å². The molecule has 160 valence electrons. The van der Waals surface area contributed by atoms with Gasteiger partial charge in [-0.25, -0.2) is 0 Å². The largest absolute Gasteiger partial charge is 0.493 e. The minimum atomic E-state index is -0.350. The molecule has 2 N–H and O–H groups in total. The molecule has 0 spiro atoms. The summed E-state index contributed by atoms with van der Waals surface area (Å²) in [6.07, 6.45) is 1.95. The molecule has 0 radical (unpaired) electrons. The number of benzene rings is 1. The molecule has 0 bridgehead atoms. The fourth-order valence-corrected chi connectivity index (χ4v) is 4.87. The molecule has 2 aliphatic rings. The van der Waals surface area contributed by atoms with Crippen LogP contribution in [0.3, 0.4) is 0 Å². The molecule has 1 aromatic carbocycles. The zero-order chi connectivity index (χ0) is 21.4. The van der Waals surface area contributed by atoms with Crippen molar-refractivity contribution in [1.82, 2.24) is 10.6 Å². The molecule has 0 saturated carbocycles. The van der Waals surface area contributed by atoms with Crippen molar-refractivity contribution in [1.29, 1.82) is 0 Å². The van der Waals surface area contributed by atoms with Gasteiger partial charge in [-0.3, -0.25) is 9.59 Å². The van der Waals surface area contributed by atoms with Gasteiger partial charge in [0, 0.05) is 41.8 Å². The average molecular weight is 404 g/mol. The lowest BCUT2D eigenvalue weighted by Crippen LogP contribution is -2.62. The lowest BCUT2D eigenvalue weighted by molar-refractivity contribution is -0.127. The number of piperidine rings is 1. The Morgan fingerprint density at radius 1 is 1.10 bits per heavy atom. The highest BCUT2D eigenvalue weighted by Crippen LogP contribution is 2.34. The molecule has 3 rings (SSSR count). The van der Waals surface area contributed by atoms with Crippen LogP contribution < -0.4 is 25.0 Å². The van der Waals surface area contributed by atoms with Crippen LogP contribution in [-0.2, 0) is 9.59 Å². The first-order valence-corrected chi connectivity index (χ1v) is 10.2. The highest BCUT2D eigenvalue weighted by Gasteiger charge is 2.41. The molecule has 2 saturated heterocycles.